The average Bonchev–Trinajstić information content (AvgIpc) is 3.50. The summed E-state index contributed by atoms with van der Waals surface area (Å²) in [7, 11) is -1.41. The minimum absolute atomic E-state index is 0.0551. The van der Waals surface area contributed by atoms with Crippen molar-refractivity contribution < 1.29 is 19.3 Å². The number of nitrogens with zero attached hydrogens (tertiary/aromatic N) is 1. The van der Waals surface area contributed by atoms with Crippen LogP contribution in [0.25, 0.3) is 11.1 Å². The van der Waals surface area contributed by atoms with Crippen molar-refractivity contribution >= 4 is 24.1 Å². The smallest absolute Gasteiger partial charge is 0.454 e. The molecule has 1 aliphatic carbocycles. The van der Waals surface area contributed by atoms with Gasteiger partial charge in [0.15, 0.2) is 11.5 Å². The van der Waals surface area contributed by atoms with Crippen LogP contribution in [0.2, 0.25) is 0 Å². The minimum Gasteiger partial charge on any atom is -0.454 e. The van der Waals surface area contributed by atoms with Crippen LogP contribution in [0.4, 0.5) is 5.69 Å². The third-order valence-corrected chi connectivity index (χ3v) is 6.20. The van der Waals surface area contributed by atoms with E-state index in [4.69, 9.17) is 9.47 Å². The zero-order chi connectivity index (χ0) is 22.3. The highest BCUT2D eigenvalue weighted by atomic mass is 16.7. The fourth-order valence-electron chi connectivity index (χ4n) is 4.16. The van der Waals surface area contributed by atoms with Crippen LogP contribution in [0.1, 0.15) is 24.0 Å². The average molecular weight is 428 g/mol. The van der Waals surface area contributed by atoms with Crippen LogP contribution < -0.4 is 20.3 Å². The van der Waals surface area contributed by atoms with Crippen molar-refractivity contribution in [2.45, 2.75) is 25.2 Å². The Morgan fingerprint density at radius 1 is 1.06 bits per heavy atom. The van der Waals surface area contributed by atoms with Gasteiger partial charge in [0, 0.05) is 5.69 Å². The van der Waals surface area contributed by atoms with E-state index in [9.17, 15) is 14.7 Å². The van der Waals surface area contributed by atoms with Gasteiger partial charge in [0.25, 0.3) is 0 Å². The van der Waals surface area contributed by atoms with Crippen molar-refractivity contribution in [2.24, 2.45) is 5.09 Å². The maximum absolute atomic E-state index is 13.2. The van der Waals surface area contributed by atoms with Crippen LogP contribution in [-0.2, 0) is 10.2 Å². The number of carbonyl (C=O) groups excluding carboxylic acids is 1. The van der Waals surface area contributed by atoms with Crippen molar-refractivity contribution in [2.75, 3.05) is 12.1 Å². The number of nitrogens with one attached hydrogen (secondary N) is 1. The second kappa shape index (κ2) is 7.80. The number of amides is 1. The molecule has 3 aromatic rings. The molecule has 1 aliphatic heterocycles. The first kappa shape index (κ1) is 20.3. The van der Waals surface area contributed by atoms with Gasteiger partial charge < -0.3 is 19.8 Å². The third-order valence-electron chi connectivity index (χ3n) is 6.20. The van der Waals surface area contributed by atoms with Crippen LogP contribution in [0.3, 0.4) is 0 Å². The summed E-state index contributed by atoms with van der Waals surface area (Å²) in [4.78, 5) is 24.0. The first-order valence-corrected chi connectivity index (χ1v) is 10.4. The molecule has 160 valence electrons. The Balaban J connectivity index is 1.41. The molecule has 5 rings (SSSR count). The van der Waals surface area contributed by atoms with Gasteiger partial charge >= 0.3 is 7.05 Å². The topological polar surface area (TPSA) is 97.2 Å². The molecule has 2 N–H and O–H groups in total. The van der Waals surface area contributed by atoms with E-state index in [0.717, 1.165) is 35.1 Å². The molecule has 2 aliphatic rings. The Hall–Kier alpha value is -3.65. The summed E-state index contributed by atoms with van der Waals surface area (Å²) in [5.41, 5.74) is 4.20. The molecular formula is C24H21BN2O5. The number of ether oxygens (including phenoxy) is 2. The standard InChI is InChI=1S/C24H21BN2O5/c1-15-5-7-19(13-20(15)16-3-2-4-18(11-16)25(29)27-30)26-23(28)24(9-10-24)17-6-8-21-22(12-17)32-14-31-21/h2-8,11-13,29H,9-10,14H2,1H3,(H,26,28). The molecule has 1 saturated carbocycles. The van der Waals surface area contributed by atoms with Crippen molar-refractivity contribution in [3.8, 4) is 22.6 Å². The summed E-state index contributed by atoms with van der Waals surface area (Å²) < 4.78 is 10.9. The largest absolute Gasteiger partial charge is 0.517 e. The molecule has 8 heteroatoms. The van der Waals surface area contributed by atoms with E-state index in [-0.39, 0.29) is 12.7 Å². The summed E-state index contributed by atoms with van der Waals surface area (Å²) in [6.45, 7) is 2.17. The van der Waals surface area contributed by atoms with Gasteiger partial charge in [-0.15, -0.1) is 0 Å². The Morgan fingerprint density at radius 2 is 1.88 bits per heavy atom. The predicted molar refractivity (Wildman–Crippen MR) is 122 cm³/mol. The number of fused-ring (bicyclic) bond motifs is 1. The number of aryl methyl sites for hydroxylation is 1. The molecule has 0 aromatic heterocycles. The number of hydrogen-bond donors (Lipinski definition) is 2. The van der Waals surface area contributed by atoms with Crippen LogP contribution >= 0.6 is 0 Å². The third kappa shape index (κ3) is 3.52. The molecule has 0 spiro atoms. The monoisotopic (exact) mass is 428 g/mol. The maximum atomic E-state index is 13.2. The molecule has 0 atom stereocenters. The quantitative estimate of drug-likeness (QED) is 0.463. The fraction of sp³-hybridized carbons (Fsp3) is 0.208. The summed E-state index contributed by atoms with van der Waals surface area (Å²) >= 11 is 0. The Bertz CT molecular complexity index is 1220. The highest BCUT2D eigenvalue weighted by Gasteiger charge is 2.51. The molecule has 0 unspecified atom stereocenters. The summed E-state index contributed by atoms with van der Waals surface area (Å²) in [5.74, 6) is 1.32. The first-order valence-electron chi connectivity index (χ1n) is 10.4. The molecule has 1 amide bonds. The zero-order valence-corrected chi connectivity index (χ0v) is 17.5. The van der Waals surface area contributed by atoms with Crippen molar-refractivity contribution in [3.05, 3.63) is 76.7 Å². The first-order chi connectivity index (χ1) is 15.5. The number of hydrogen-bond acceptors (Lipinski definition) is 6. The Labute approximate surface area is 185 Å². The van der Waals surface area contributed by atoms with E-state index < -0.39 is 12.5 Å². The van der Waals surface area contributed by atoms with E-state index in [0.29, 0.717) is 22.6 Å². The van der Waals surface area contributed by atoms with Gasteiger partial charge in [-0.3, -0.25) is 4.79 Å². The highest BCUT2D eigenvalue weighted by Crippen LogP contribution is 2.51. The molecule has 32 heavy (non-hydrogen) atoms. The summed E-state index contributed by atoms with van der Waals surface area (Å²) in [6, 6.07) is 18.4. The summed E-state index contributed by atoms with van der Waals surface area (Å²) in [6.07, 6.45) is 1.55. The molecule has 1 heterocycles. The van der Waals surface area contributed by atoms with Crippen molar-refractivity contribution in [1.82, 2.24) is 0 Å². The van der Waals surface area contributed by atoms with E-state index in [2.05, 4.69) is 10.4 Å². The highest BCUT2D eigenvalue weighted by molar-refractivity contribution is 6.64. The predicted octanol–water partition coefficient (Wildman–Crippen LogP) is 3.51. The van der Waals surface area contributed by atoms with Crippen LogP contribution in [0.15, 0.2) is 65.8 Å². The second-order valence-electron chi connectivity index (χ2n) is 8.24. The maximum Gasteiger partial charge on any atom is 0.517 e. The number of benzene rings is 3. The van der Waals surface area contributed by atoms with E-state index in [1.54, 1.807) is 18.2 Å². The van der Waals surface area contributed by atoms with Crippen LogP contribution in [0.5, 0.6) is 11.5 Å². The lowest BCUT2D eigenvalue weighted by molar-refractivity contribution is -0.118. The van der Waals surface area contributed by atoms with Gasteiger partial charge in [-0.25, -0.2) is 0 Å². The minimum atomic E-state index is -1.41. The fourth-order valence-corrected chi connectivity index (χ4v) is 4.16. The number of nitroso groups, excluding NO2 is 1. The molecule has 3 aromatic carbocycles. The van der Waals surface area contributed by atoms with Crippen molar-refractivity contribution in [1.29, 1.82) is 0 Å². The molecule has 0 bridgehead atoms. The number of anilines is 1. The molecule has 1 fully saturated rings. The number of rotatable bonds is 6. The van der Waals surface area contributed by atoms with Gasteiger partial charge in [0.2, 0.25) is 12.7 Å². The Kier molecular flexibility index (Phi) is 4.94. The van der Waals surface area contributed by atoms with E-state index in [1.807, 2.05) is 49.4 Å². The van der Waals surface area contributed by atoms with E-state index >= 15 is 0 Å². The van der Waals surface area contributed by atoms with Gasteiger partial charge in [0.1, 0.15) is 0 Å². The number of carbonyl (C=O) groups is 1. The lowest BCUT2D eigenvalue weighted by Crippen LogP contribution is -2.28. The van der Waals surface area contributed by atoms with Gasteiger partial charge in [-0.2, -0.15) is 4.91 Å². The molecular weight excluding hydrogens is 407 g/mol. The lowest BCUT2D eigenvalue weighted by Gasteiger charge is -2.17. The van der Waals surface area contributed by atoms with Crippen molar-refractivity contribution in [3.63, 3.8) is 0 Å². The van der Waals surface area contributed by atoms with Crippen LogP contribution in [0, 0.1) is 11.8 Å². The molecule has 0 radical (unpaired) electrons. The summed E-state index contributed by atoms with van der Waals surface area (Å²) in [5, 5.41) is 15.5. The molecule has 7 nitrogen and oxygen atoms in total. The van der Waals surface area contributed by atoms with Crippen LogP contribution in [-0.4, -0.2) is 24.8 Å². The molecule has 0 saturated heterocycles. The SMILES string of the molecule is Cc1ccc(NC(=O)C2(c3ccc4c(c3)OCO4)CC2)cc1-c1cccc(B(O)N=O)c1. The van der Waals surface area contributed by atoms with Gasteiger partial charge in [-0.1, -0.05) is 41.5 Å². The van der Waals surface area contributed by atoms with E-state index in [1.165, 1.54) is 0 Å². The lowest BCUT2D eigenvalue weighted by atomic mass is 9.75. The zero-order valence-electron chi connectivity index (χ0n) is 17.5. The van der Waals surface area contributed by atoms with Gasteiger partial charge in [0.05, 0.1) is 5.41 Å². The normalized spacial score (nSPS) is 15.2. The van der Waals surface area contributed by atoms with Gasteiger partial charge in [-0.05, 0) is 71.7 Å². The Morgan fingerprint density at radius 3 is 2.66 bits per heavy atom. The second-order valence-corrected chi connectivity index (χ2v) is 8.24.